The molecule has 2 aromatic rings. The molecule has 0 aliphatic carbocycles. The van der Waals surface area contributed by atoms with Gasteiger partial charge in [0.25, 0.3) is 0 Å². The van der Waals surface area contributed by atoms with Gasteiger partial charge in [0.2, 0.25) is 0 Å². The molecule has 0 amide bonds. The molecule has 0 saturated carbocycles. The first-order chi connectivity index (χ1) is 9.10. The normalized spacial score (nSPS) is 10.7. The highest BCUT2D eigenvalue weighted by Crippen LogP contribution is 2.28. The van der Waals surface area contributed by atoms with E-state index >= 15 is 0 Å². The summed E-state index contributed by atoms with van der Waals surface area (Å²) in [5, 5.41) is 1.32. The Hall–Kier alpha value is -2.17. The highest BCUT2D eigenvalue weighted by molar-refractivity contribution is 5.89. The lowest BCUT2D eigenvalue weighted by molar-refractivity contribution is -0.139. The zero-order valence-electron chi connectivity index (χ0n) is 10.2. The quantitative estimate of drug-likeness (QED) is 0.797. The minimum atomic E-state index is -2.88. The number of alkyl halides is 2. The molecule has 0 aliphatic rings. The van der Waals surface area contributed by atoms with Gasteiger partial charge in [0.15, 0.2) is 0 Å². The van der Waals surface area contributed by atoms with Gasteiger partial charge in [-0.25, -0.2) is 0 Å². The van der Waals surface area contributed by atoms with Crippen molar-refractivity contribution in [1.82, 2.24) is 0 Å². The molecule has 0 heterocycles. The number of fused-ring (bicyclic) bond motifs is 1. The number of methoxy groups -OCH3 is 1. The van der Waals surface area contributed by atoms with E-state index < -0.39 is 6.61 Å². The van der Waals surface area contributed by atoms with E-state index in [2.05, 4.69) is 9.47 Å². The summed E-state index contributed by atoms with van der Waals surface area (Å²) < 4.78 is 33.7. The summed E-state index contributed by atoms with van der Waals surface area (Å²) in [6, 6.07) is 10.1. The van der Waals surface area contributed by atoms with Crippen molar-refractivity contribution in [3.63, 3.8) is 0 Å². The van der Waals surface area contributed by atoms with Crippen LogP contribution in [0.1, 0.15) is 5.56 Å². The zero-order chi connectivity index (χ0) is 13.8. The Morgan fingerprint density at radius 3 is 2.74 bits per heavy atom. The minimum absolute atomic E-state index is 0.0927. The highest BCUT2D eigenvalue weighted by Gasteiger charge is 2.10. The van der Waals surface area contributed by atoms with Crippen LogP contribution in [0.3, 0.4) is 0 Å². The summed E-state index contributed by atoms with van der Waals surface area (Å²) in [5.41, 5.74) is 0.685. The van der Waals surface area contributed by atoms with Crippen molar-refractivity contribution in [1.29, 1.82) is 0 Å². The van der Waals surface area contributed by atoms with Crippen LogP contribution in [0, 0.1) is 0 Å². The molecule has 2 rings (SSSR count). The molecule has 2 aromatic carbocycles. The monoisotopic (exact) mass is 266 g/mol. The van der Waals surface area contributed by atoms with Gasteiger partial charge < -0.3 is 9.47 Å². The van der Waals surface area contributed by atoms with Crippen molar-refractivity contribution >= 4 is 16.7 Å². The van der Waals surface area contributed by atoms with Gasteiger partial charge >= 0.3 is 12.6 Å². The van der Waals surface area contributed by atoms with Crippen molar-refractivity contribution in [2.45, 2.75) is 13.0 Å². The molecule has 3 nitrogen and oxygen atoms in total. The van der Waals surface area contributed by atoms with Gasteiger partial charge in [-0.15, -0.1) is 0 Å². The van der Waals surface area contributed by atoms with Gasteiger partial charge in [-0.05, 0) is 23.1 Å². The number of carbonyl (C=O) groups is 1. The Morgan fingerprint density at radius 1 is 1.26 bits per heavy atom. The van der Waals surface area contributed by atoms with E-state index in [4.69, 9.17) is 0 Å². The van der Waals surface area contributed by atoms with Crippen molar-refractivity contribution in [3.8, 4) is 5.75 Å². The molecule has 0 N–H and O–H groups in total. The summed E-state index contributed by atoms with van der Waals surface area (Å²) in [6.45, 7) is -2.88. The Labute approximate surface area is 108 Å². The van der Waals surface area contributed by atoms with Gasteiger partial charge in [0.1, 0.15) is 5.75 Å². The van der Waals surface area contributed by atoms with Crippen molar-refractivity contribution in [3.05, 3.63) is 42.0 Å². The average molecular weight is 266 g/mol. The van der Waals surface area contributed by atoms with Crippen LogP contribution in [-0.2, 0) is 16.0 Å². The first-order valence-electron chi connectivity index (χ1n) is 5.63. The maximum atomic E-state index is 12.3. The first kappa shape index (κ1) is 13.3. The molecule has 0 saturated heterocycles. The average Bonchev–Trinajstić information content (AvgIpc) is 2.38. The van der Waals surface area contributed by atoms with Crippen molar-refractivity contribution < 1.29 is 23.0 Å². The van der Waals surface area contributed by atoms with Crippen LogP contribution in [0.5, 0.6) is 5.75 Å². The molecule has 0 bridgehead atoms. The van der Waals surface area contributed by atoms with Crippen LogP contribution in [0.2, 0.25) is 0 Å². The molecule has 0 spiro atoms. The van der Waals surface area contributed by atoms with Gasteiger partial charge in [0.05, 0.1) is 13.5 Å². The van der Waals surface area contributed by atoms with Crippen molar-refractivity contribution in [2.75, 3.05) is 7.11 Å². The van der Waals surface area contributed by atoms with E-state index in [0.29, 0.717) is 10.9 Å². The van der Waals surface area contributed by atoms with Crippen LogP contribution < -0.4 is 4.74 Å². The summed E-state index contributed by atoms with van der Waals surface area (Å²) in [7, 11) is 1.30. The smallest absolute Gasteiger partial charge is 0.387 e. The molecule has 5 heteroatoms. The van der Waals surface area contributed by atoms with Gasteiger partial charge in [-0.3, -0.25) is 4.79 Å². The van der Waals surface area contributed by atoms with Crippen LogP contribution in [0.15, 0.2) is 36.4 Å². The van der Waals surface area contributed by atoms with E-state index in [-0.39, 0.29) is 18.1 Å². The lowest BCUT2D eigenvalue weighted by Gasteiger charge is -2.09. The Kier molecular flexibility index (Phi) is 3.94. The van der Waals surface area contributed by atoms with E-state index in [0.717, 1.165) is 5.39 Å². The van der Waals surface area contributed by atoms with Crippen LogP contribution in [-0.4, -0.2) is 19.7 Å². The Balaban J connectivity index is 2.41. The zero-order valence-corrected chi connectivity index (χ0v) is 10.2. The molecule has 0 atom stereocenters. The fraction of sp³-hybridized carbons (Fsp3) is 0.214. The van der Waals surface area contributed by atoms with Gasteiger partial charge in [-0.2, -0.15) is 8.78 Å². The molecule has 0 unspecified atom stereocenters. The first-order valence-corrected chi connectivity index (χ1v) is 5.63. The fourth-order valence-electron chi connectivity index (χ4n) is 1.84. The molecular weight excluding hydrogens is 254 g/mol. The summed E-state index contributed by atoms with van der Waals surface area (Å²) in [4.78, 5) is 11.2. The molecule has 100 valence electrons. The molecule has 0 radical (unpaired) electrons. The van der Waals surface area contributed by atoms with Gasteiger partial charge in [0, 0.05) is 5.39 Å². The number of benzene rings is 2. The van der Waals surface area contributed by atoms with Crippen LogP contribution in [0.4, 0.5) is 8.78 Å². The number of halogens is 2. The molecule has 0 aliphatic heterocycles. The third kappa shape index (κ3) is 3.19. The van der Waals surface area contributed by atoms with E-state index in [1.165, 1.54) is 13.2 Å². The standard InChI is InChI=1S/C14H12F2O3/c1-18-13(17)8-9-5-6-10-3-2-4-12(11(10)7-9)19-14(15)16/h2-7,14H,8H2,1H3. The second-order valence-electron chi connectivity index (χ2n) is 3.94. The minimum Gasteiger partial charge on any atom is -0.469 e. The molecule has 0 aromatic heterocycles. The summed E-state index contributed by atoms with van der Waals surface area (Å²) >= 11 is 0. The summed E-state index contributed by atoms with van der Waals surface area (Å²) in [5.74, 6) is -0.286. The third-order valence-electron chi connectivity index (χ3n) is 2.70. The number of ether oxygens (including phenoxy) is 2. The predicted octanol–water partition coefficient (Wildman–Crippen LogP) is 3.16. The van der Waals surface area contributed by atoms with E-state index in [9.17, 15) is 13.6 Å². The molecular formula is C14H12F2O3. The largest absolute Gasteiger partial charge is 0.469 e. The lowest BCUT2D eigenvalue weighted by atomic mass is 10.0. The van der Waals surface area contributed by atoms with Crippen LogP contribution in [0.25, 0.3) is 10.8 Å². The van der Waals surface area contributed by atoms with E-state index in [1.807, 2.05) is 0 Å². The number of rotatable bonds is 4. The Morgan fingerprint density at radius 2 is 2.05 bits per heavy atom. The van der Waals surface area contributed by atoms with Gasteiger partial charge in [-0.1, -0.05) is 24.3 Å². The summed E-state index contributed by atoms with van der Waals surface area (Å²) in [6.07, 6.45) is 0.0927. The predicted molar refractivity (Wildman–Crippen MR) is 66.3 cm³/mol. The topological polar surface area (TPSA) is 35.5 Å². The highest BCUT2D eigenvalue weighted by atomic mass is 19.3. The number of esters is 1. The maximum absolute atomic E-state index is 12.3. The maximum Gasteiger partial charge on any atom is 0.387 e. The third-order valence-corrected chi connectivity index (χ3v) is 2.70. The SMILES string of the molecule is COC(=O)Cc1ccc2cccc(OC(F)F)c2c1. The second-order valence-corrected chi connectivity index (χ2v) is 3.94. The number of hydrogen-bond donors (Lipinski definition) is 0. The number of carbonyl (C=O) groups excluding carboxylic acids is 1. The molecule has 0 fully saturated rings. The number of hydrogen-bond acceptors (Lipinski definition) is 3. The second kappa shape index (κ2) is 5.65. The van der Waals surface area contributed by atoms with E-state index in [1.54, 1.807) is 30.3 Å². The van der Waals surface area contributed by atoms with Crippen molar-refractivity contribution in [2.24, 2.45) is 0 Å². The Bertz CT molecular complexity index is 596. The fourth-order valence-corrected chi connectivity index (χ4v) is 1.84. The molecule has 19 heavy (non-hydrogen) atoms. The lowest BCUT2D eigenvalue weighted by Crippen LogP contribution is -2.05. The van der Waals surface area contributed by atoms with Crippen LogP contribution >= 0.6 is 0 Å².